The summed E-state index contributed by atoms with van der Waals surface area (Å²) >= 11 is 0. The Kier molecular flexibility index (Phi) is 7.04. The summed E-state index contributed by atoms with van der Waals surface area (Å²) in [5.74, 6) is 0. The highest BCUT2D eigenvalue weighted by molar-refractivity contribution is 7.86. The predicted molar refractivity (Wildman–Crippen MR) is 105 cm³/mol. The lowest BCUT2D eigenvalue weighted by Gasteiger charge is -2.25. The van der Waals surface area contributed by atoms with Crippen LogP contribution >= 0.6 is 0 Å². The smallest absolute Gasteiger partial charge is 0.332 e. The highest BCUT2D eigenvalue weighted by atomic mass is 32.3. The minimum absolute atomic E-state index is 0.395. The van der Waals surface area contributed by atoms with E-state index in [1.165, 1.54) is 24.3 Å². The van der Waals surface area contributed by atoms with Gasteiger partial charge in [-0.1, -0.05) is 0 Å². The van der Waals surface area contributed by atoms with E-state index in [1.54, 1.807) is 7.11 Å². The number of methoxy groups -OCH3 is 1. The van der Waals surface area contributed by atoms with Crippen molar-refractivity contribution in [3.05, 3.63) is 47.5 Å². The van der Waals surface area contributed by atoms with Crippen molar-refractivity contribution in [2.24, 2.45) is 10.2 Å². The van der Waals surface area contributed by atoms with E-state index in [-0.39, 0.29) is 0 Å². The van der Waals surface area contributed by atoms with Gasteiger partial charge in [-0.05, 0) is 68.3 Å². The van der Waals surface area contributed by atoms with Crippen LogP contribution < -0.4 is 4.90 Å². The van der Waals surface area contributed by atoms with Gasteiger partial charge in [-0.3, -0.25) is 0 Å². The summed E-state index contributed by atoms with van der Waals surface area (Å²) in [5.41, 5.74) is 4.34. The number of rotatable bonds is 8. The minimum atomic E-state index is -4.71. The summed E-state index contributed by atoms with van der Waals surface area (Å²) < 4.78 is 39.8. The molecule has 0 unspecified atom stereocenters. The quantitative estimate of drug-likeness (QED) is 0.475. The van der Waals surface area contributed by atoms with Gasteiger partial charge in [0.05, 0.1) is 22.9 Å². The van der Waals surface area contributed by atoms with Crippen LogP contribution in [0.3, 0.4) is 0 Å². The van der Waals surface area contributed by atoms with Crippen LogP contribution in [0.15, 0.2) is 51.5 Å². The van der Waals surface area contributed by atoms with Crippen LogP contribution in [0.2, 0.25) is 0 Å². The summed E-state index contributed by atoms with van der Waals surface area (Å²) in [6, 6.07) is 9.19. The van der Waals surface area contributed by atoms with E-state index in [1.807, 2.05) is 19.9 Å². The second-order valence-electron chi connectivity index (χ2n) is 6.13. The van der Waals surface area contributed by atoms with Gasteiger partial charge in [0.1, 0.15) is 0 Å². The van der Waals surface area contributed by atoms with E-state index in [0.717, 1.165) is 35.6 Å². The molecule has 146 valence electrons. The lowest BCUT2D eigenvalue weighted by atomic mass is 10.1. The Labute approximate surface area is 159 Å². The molecule has 0 radical (unpaired) electrons. The number of aryl methyl sites for hydroxylation is 2. The monoisotopic (exact) mass is 393 g/mol. The van der Waals surface area contributed by atoms with Gasteiger partial charge < -0.3 is 9.64 Å². The summed E-state index contributed by atoms with van der Waals surface area (Å²) in [7, 11) is -3.02. The van der Waals surface area contributed by atoms with Crippen LogP contribution in [0.5, 0.6) is 0 Å². The Balaban J connectivity index is 2.24. The molecular weight excluding hydrogens is 369 g/mol. The van der Waals surface area contributed by atoms with Crippen LogP contribution in [0, 0.1) is 13.8 Å². The first kappa shape index (κ1) is 21.0. The molecule has 0 aromatic heterocycles. The van der Waals surface area contributed by atoms with Gasteiger partial charge in [-0.15, -0.1) is 3.89 Å². The Hall–Kier alpha value is -2.32. The maximum atomic E-state index is 12.9. The molecule has 0 heterocycles. The lowest BCUT2D eigenvalue weighted by molar-refractivity contribution is 0.205. The van der Waals surface area contributed by atoms with Crippen molar-refractivity contribution in [1.82, 2.24) is 0 Å². The highest BCUT2D eigenvalue weighted by Gasteiger charge is 2.12. The van der Waals surface area contributed by atoms with E-state index >= 15 is 0 Å². The molecule has 0 amide bonds. The molecule has 8 heteroatoms. The first-order chi connectivity index (χ1) is 12.8. The standard InChI is InChI=1S/C19H24FN3O3S/c1-5-23(10-11-26-4)19-13-14(2)18(12-15(19)3)22-21-16-6-8-17(9-7-16)27(20,24)25/h6-9,12-13H,5,10-11H2,1-4H3. The molecule has 0 bridgehead atoms. The number of likely N-dealkylation sites (N-methyl/N-ethyl adjacent to an activating group) is 1. The summed E-state index contributed by atoms with van der Waals surface area (Å²) in [6.07, 6.45) is 0. The maximum absolute atomic E-state index is 12.9. The molecule has 6 nitrogen and oxygen atoms in total. The van der Waals surface area contributed by atoms with E-state index in [4.69, 9.17) is 4.74 Å². The molecule has 2 rings (SSSR count). The number of nitrogens with zero attached hydrogens (tertiary/aromatic N) is 3. The van der Waals surface area contributed by atoms with Crippen molar-refractivity contribution in [1.29, 1.82) is 0 Å². The molecular formula is C19H24FN3O3S. The van der Waals surface area contributed by atoms with Crippen LogP contribution in [0.1, 0.15) is 18.1 Å². The molecule has 0 aliphatic rings. The zero-order valence-corrected chi connectivity index (χ0v) is 16.8. The number of hydrogen-bond donors (Lipinski definition) is 0. The van der Waals surface area contributed by atoms with Crippen molar-refractivity contribution in [3.63, 3.8) is 0 Å². The second-order valence-corrected chi connectivity index (χ2v) is 7.48. The van der Waals surface area contributed by atoms with Crippen molar-refractivity contribution in [3.8, 4) is 0 Å². The van der Waals surface area contributed by atoms with Gasteiger partial charge in [0.15, 0.2) is 0 Å². The van der Waals surface area contributed by atoms with E-state index < -0.39 is 15.1 Å². The molecule has 0 fully saturated rings. The minimum Gasteiger partial charge on any atom is -0.383 e. The Bertz CT molecular complexity index is 913. The zero-order chi connectivity index (χ0) is 20.0. The van der Waals surface area contributed by atoms with E-state index in [9.17, 15) is 12.3 Å². The van der Waals surface area contributed by atoms with E-state index in [2.05, 4.69) is 28.1 Å². The Morgan fingerprint density at radius 3 is 2.30 bits per heavy atom. The maximum Gasteiger partial charge on any atom is 0.332 e. The van der Waals surface area contributed by atoms with Crippen molar-refractivity contribution < 1.29 is 17.0 Å². The Morgan fingerprint density at radius 2 is 1.74 bits per heavy atom. The third kappa shape index (κ3) is 5.58. The molecule has 0 atom stereocenters. The normalized spacial score (nSPS) is 11.9. The highest BCUT2D eigenvalue weighted by Crippen LogP contribution is 2.30. The summed E-state index contributed by atoms with van der Waals surface area (Å²) in [5, 5.41) is 8.38. The molecule has 0 aliphatic carbocycles. The fraction of sp³-hybridized carbons (Fsp3) is 0.368. The molecule has 2 aromatic rings. The zero-order valence-electron chi connectivity index (χ0n) is 15.9. The van der Waals surface area contributed by atoms with Gasteiger partial charge in [0, 0.05) is 25.9 Å². The number of hydrogen-bond acceptors (Lipinski definition) is 6. The summed E-state index contributed by atoms with van der Waals surface area (Å²) in [4.78, 5) is 1.84. The van der Waals surface area contributed by atoms with Crippen molar-refractivity contribution >= 4 is 27.3 Å². The average Bonchev–Trinajstić information content (AvgIpc) is 2.63. The third-order valence-electron chi connectivity index (χ3n) is 4.19. The average molecular weight is 393 g/mol. The molecule has 0 N–H and O–H groups in total. The van der Waals surface area contributed by atoms with Crippen molar-refractivity contribution in [2.75, 3.05) is 31.7 Å². The number of benzene rings is 2. The van der Waals surface area contributed by atoms with Gasteiger partial charge in [0.25, 0.3) is 0 Å². The number of anilines is 1. The van der Waals surface area contributed by atoms with Gasteiger partial charge in [-0.2, -0.15) is 18.6 Å². The molecule has 0 aliphatic heterocycles. The first-order valence-corrected chi connectivity index (χ1v) is 9.96. The second kappa shape index (κ2) is 9.05. The van der Waals surface area contributed by atoms with Crippen LogP contribution in [0.4, 0.5) is 20.9 Å². The van der Waals surface area contributed by atoms with Gasteiger partial charge in [-0.25, -0.2) is 0 Å². The van der Waals surface area contributed by atoms with Gasteiger partial charge in [0.2, 0.25) is 0 Å². The fourth-order valence-electron chi connectivity index (χ4n) is 2.67. The Morgan fingerprint density at radius 1 is 1.07 bits per heavy atom. The molecule has 2 aromatic carbocycles. The van der Waals surface area contributed by atoms with Crippen LogP contribution in [-0.4, -0.2) is 35.2 Å². The van der Waals surface area contributed by atoms with Crippen LogP contribution in [-0.2, 0) is 15.0 Å². The molecule has 0 saturated heterocycles. The fourth-order valence-corrected chi connectivity index (χ4v) is 3.13. The summed E-state index contributed by atoms with van der Waals surface area (Å²) in [6.45, 7) is 8.40. The van der Waals surface area contributed by atoms with E-state index in [0.29, 0.717) is 12.3 Å². The lowest BCUT2D eigenvalue weighted by Crippen LogP contribution is -2.27. The number of halogens is 1. The first-order valence-electron chi connectivity index (χ1n) is 8.58. The van der Waals surface area contributed by atoms with Crippen molar-refractivity contribution in [2.45, 2.75) is 25.7 Å². The number of ether oxygens (including phenoxy) is 1. The molecule has 0 spiro atoms. The predicted octanol–water partition coefficient (Wildman–Crippen LogP) is 4.85. The van der Waals surface area contributed by atoms with Crippen LogP contribution in [0.25, 0.3) is 0 Å². The molecule has 0 saturated carbocycles. The third-order valence-corrected chi connectivity index (χ3v) is 5.03. The SMILES string of the molecule is CCN(CCOC)c1cc(C)c(N=Nc2ccc(S(=O)(=O)F)cc2)cc1C. The number of azo groups is 1. The largest absolute Gasteiger partial charge is 0.383 e. The topological polar surface area (TPSA) is 71.3 Å². The molecule has 27 heavy (non-hydrogen) atoms. The van der Waals surface area contributed by atoms with Gasteiger partial charge >= 0.3 is 10.2 Å².